The molecule has 1 aliphatic heterocycles. The van der Waals surface area contributed by atoms with Gasteiger partial charge in [0.25, 0.3) is 0 Å². The molecule has 1 aliphatic rings. The zero-order chi connectivity index (χ0) is 55.3. The van der Waals surface area contributed by atoms with Gasteiger partial charge in [0.05, 0.1) is 19.8 Å². The van der Waals surface area contributed by atoms with E-state index in [1.54, 1.807) is 0 Å². The van der Waals surface area contributed by atoms with Gasteiger partial charge in [-0.05, 0) is 83.5 Å². The van der Waals surface area contributed by atoms with Crippen LogP contribution in [0.2, 0.25) is 0 Å². The van der Waals surface area contributed by atoms with Gasteiger partial charge < -0.3 is 34.3 Å². The number of hydrogen-bond donors (Lipinski definition) is 4. The fraction of sp³-hybridized carbons (Fsp3) is 0.794. The van der Waals surface area contributed by atoms with Gasteiger partial charge in [0, 0.05) is 13.0 Å². The summed E-state index contributed by atoms with van der Waals surface area (Å²) in [7, 11) is -5.07. The highest BCUT2D eigenvalue weighted by molar-refractivity contribution is 7.80. The van der Waals surface area contributed by atoms with Crippen LogP contribution in [0.1, 0.15) is 258 Å². The Bertz CT molecular complexity index is 1590. The van der Waals surface area contributed by atoms with Crippen LogP contribution in [0.15, 0.2) is 72.9 Å². The SMILES string of the molecule is CC/C=C\C/C=C\C/C=C\C/C=C\CCCCCCCCCCCCCCCOCC(COC1OC(CO)C(O)C(OS(=O)(=O)O)C1O)OC(=O)CCCCCCCCCCCCC/C=C\C/C=C\CCCCCCC. The lowest BCUT2D eigenvalue weighted by Crippen LogP contribution is -2.60. The second kappa shape index (κ2) is 53.2. The molecule has 6 atom stereocenters. The van der Waals surface area contributed by atoms with Crippen molar-refractivity contribution >= 4 is 16.4 Å². The number of allylic oxidation sites excluding steroid dienone is 12. The Balaban J connectivity index is 2.27. The van der Waals surface area contributed by atoms with Crippen LogP contribution >= 0.6 is 0 Å². The van der Waals surface area contributed by atoms with E-state index in [4.69, 9.17) is 18.9 Å². The summed E-state index contributed by atoms with van der Waals surface area (Å²) in [4.78, 5) is 13.0. The first-order chi connectivity index (χ1) is 37.1. The fourth-order valence-electron chi connectivity index (χ4n) is 9.23. The van der Waals surface area contributed by atoms with Crippen molar-refractivity contribution < 1.29 is 56.2 Å². The normalized spacial score (nSPS) is 19.1. The Kier molecular flexibility index (Phi) is 50.1. The highest BCUT2D eigenvalue weighted by Gasteiger charge is 2.48. The highest BCUT2D eigenvalue weighted by atomic mass is 32.3. The summed E-state index contributed by atoms with van der Waals surface area (Å²) in [6.07, 6.45) is 62.2. The van der Waals surface area contributed by atoms with Crippen molar-refractivity contribution in [1.82, 2.24) is 0 Å². The van der Waals surface area contributed by atoms with Crippen molar-refractivity contribution in [1.29, 1.82) is 0 Å². The molecule has 0 aliphatic carbocycles. The van der Waals surface area contributed by atoms with Crippen LogP contribution in [0, 0.1) is 0 Å². The van der Waals surface area contributed by atoms with E-state index >= 15 is 0 Å². The van der Waals surface area contributed by atoms with Crippen LogP contribution in [0.4, 0.5) is 0 Å². The number of aliphatic hydroxyl groups is 3. The van der Waals surface area contributed by atoms with Crippen LogP contribution in [0.3, 0.4) is 0 Å². The third-order valence-corrected chi connectivity index (χ3v) is 14.3. The average Bonchev–Trinajstić information content (AvgIpc) is 3.40. The fourth-order valence-corrected chi connectivity index (χ4v) is 9.73. The second-order valence-corrected chi connectivity index (χ2v) is 22.0. The maximum Gasteiger partial charge on any atom is 0.397 e. The number of unbranched alkanes of at least 4 members (excludes halogenated alkanes) is 29. The van der Waals surface area contributed by atoms with Crippen molar-refractivity contribution in [2.75, 3.05) is 26.4 Å². The zero-order valence-electron chi connectivity index (χ0n) is 48.1. The second-order valence-electron chi connectivity index (χ2n) is 20.9. The van der Waals surface area contributed by atoms with Crippen LogP contribution in [0.25, 0.3) is 0 Å². The van der Waals surface area contributed by atoms with E-state index in [-0.39, 0.29) is 19.6 Å². The van der Waals surface area contributed by atoms with Gasteiger partial charge in [0.15, 0.2) is 6.29 Å². The Labute approximate surface area is 464 Å². The van der Waals surface area contributed by atoms with Crippen molar-refractivity contribution in [2.24, 2.45) is 0 Å². The summed E-state index contributed by atoms with van der Waals surface area (Å²) in [6, 6.07) is 0. The summed E-state index contributed by atoms with van der Waals surface area (Å²) >= 11 is 0. The number of ether oxygens (including phenoxy) is 4. The molecule has 6 unspecified atom stereocenters. The van der Waals surface area contributed by atoms with Gasteiger partial charge in [-0.25, -0.2) is 4.18 Å². The molecule has 0 spiro atoms. The molecule has 0 radical (unpaired) electrons. The molecule has 0 aromatic rings. The van der Waals surface area contributed by atoms with Gasteiger partial charge in [-0.2, -0.15) is 8.42 Å². The number of aliphatic hydroxyl groups excluding tert-OH is 3. The van der Waals surface area contributed by atoms with Crippen molar-refractivity contribution in [3.05, 3.63) is 72.9 Å². The Morgan fingerprint density at radius 2 is 0.908 bits per heavy atom. The lowest BCUT2D eigenvalue weighted by molar-refractivity contribution is -0.301. The third kappa shape index (κ3) is 45.4. The summed E-state index contributed by atoms with van der Waals surface area (Å²) in [6.45, 7) is 3.90. The zero-order valence-corrected chi connectivity index (χ0v) is 48.9. The molecule has 442 valence electrons. The number of rotatable bonds is 54. The van der Waals surface area contributed by atoms with Gasteiger partial charge in [-0.15, -0.1) is 0 Å². The number of hydrogen-bond acceptors (Lipinski definition) is 11. The lowest BCUT2D eigenvalue weighted by Gasteiger charge is -2.41. The molecule has 1 saturated heterocycles. The Hall–Kier alpha value is -2.46. The highest BCUT2D eigenvalue weighted by Crippen LogP contribution is 2.26. The molecular weight excluding hydrogens is 981 g/mol. The number of esters is 1. The third-order valence-electron chi connectivity index (χ3n) is 13.8. The van der Waals surface area contributed by atoms with Crippen LogP contribution in [-0.4, -0.2) is 97.5 Å². The molecule has 0 aromatic heterocycles. The average molecular weight is 1090 g/mol. The molecule has 1 heterocycles. The van der Waals surface area contributed by atoms with Crippen molar-refractivity contribution in [3.8, 4) is 0 Å². The summed E-state index contributed by atoms with van der Waals surface area (Å²) < 4.78 is 59.5. The molecule has 4 N–H and O–H groups in total. The van der Waals surface area contributed by atoms with Crippen molar-refractivity contribution in [3.63, 3.8) is 0 Å². The van der Waals surface area contributed by atoms with Crippen LogP contribution < -0.4 is 0 Å². The molecule has 1 fully saturated rings. The van der Waals surface area contributed by atoms with Gasteiger partial charge in [0.1, 0.15) is 30.5 Å². The largest absolute Gasteiger partial charge is 0.457 e. The van der Waals surface area contributed by atoms with Crippen molar-refractivity contribution in [2.45, 2.75) is 295 Å². The predicted octanol–water partition coefficient (Wildman–Crippen LogP) is 15.8. The van der Waals surface area contributed by atoms with Gasteiger partial charge in [-0.3, -0.25) is 9.35 Å². The predicted molar refractivity (Wildman–Crippen MR) is 312 cm³/mol. The van der Waals surface area contributed by atoms with E-state index in [9.17, 15) is 33.1 Å². The van der Waals surface area contributed by atoms with E-state index in [2.05, 4.69) is 90.9 Å². The molecular formula is C63H112O12S. The van der Waals surface area contributed by atoms with Gasteiger partial charge in [0.2, 0.25) is 0 Å². The van der Waals surface area contributed by atoms with E-state index in [0.717, 1.165) is 70.6 Å². The molecule has 13 heteroatoms. The Morgan fingerprint density at radius 3 is 1.33 bits per heavy atom. The minimum Gasteiger partial charge on any atom is -0.457 e. The molecule has 0 amide bonds. The quantitative estimate of drug-likeness (QED) is 0.0196. The maximum atomic E-state index is 13.0. The van der Waals surface area contributed by atoms with Crippen LogP contribution in [0.5, 0.6) is 0 Å². The van der Waals surface area contributed by atoms with E-state index in [1.165, 1.54) is 161 Å². The van der Waals surface area contributed by atoms with Crippen LogP contribution in [-0.2, 0) is 38.3 Å². The maximum absolute atomic E-state index is 13.0. The topological polar surface area (TPSA) is 178 Å². The lowest BCUT2D eigenvalue weighted by atomic mass is 9.99. The first-order valence-electron chi connectivity index (χ1n) is 30.7. The molecule has 1 rings (SSSR count). The molecule has 0 saturated carbocycles. The van der Waals surface area contributed by atoms with E-state index in [0.29, 0.717) is 13.0 Å². The summed E-state index contributed by atoms with van der Waals surface area (Å²) in [5.74, 6) is -0.400. The molecule has 76 heavy (non-hydrogen) atoms. The Morgan fingerprint density at radius 1 is 0.513 bits per heavy atom. The van der Waals surface area contributed by atoms with Gasteiger partial charge >= 0.3 is 16.4 Å². The minimum atomic E-state index is -5.07. The smallest absolute Gasteiger partial charge is 0.397 e. The number of carbonyl (C=O) groups excluding carboxylic acids is 1. The molecule has 12 nitrogen and oxygen atoms in total. The summed E-state index contributed by atoms with van der Waals surface area (Å²) in [5, 5.41) is 30.9. The minimum absolute atomic E-state index is 0.0328. The first-order valence-corrected chi connectivity index (χ1v) is 32.1. The summed E-state index contributed by atoms with van der Waals surface area (Å²) in [5.41, 5.74) is 0. The first kappa shape index (κ1) is 71.6. The standard InChI is InChI=1S/C63H112O12S/c1-3-5-7-9-11-13-15-17-19-21-23-25-27-28-29-31-33-35-37-39-41-43-45-47-49-51-53-71-55-57(56-72-63-61(67)62(75-76(68,69)70)60(66)58(54-64)74-63)73-59(65)52-50-48-46-44-42-40-38-36-34-32-30-26-24-22-20-18-16-14-12-10-8-6-4-2/h5,7,11,13,16-19,22-25,57-58,60-64,66-67H,3-4,6,8-10,12,14-15,20-21,26-56H2,1-2H3,(H,68,69,70)/b7-5-,13-11-,18-16-,19-17-,24-22-,25-23-. The monoisotopic (exact) mass is 1090 g/mol. The molecule has 0 aromatic carbocycles. The number of carbonyl (C=O) groups is 1. The van der Waals surface area contributed by atoms with E-state index < -0.39 is 59.8 Å². The van der Waals surface area contributed by atoms with E-state index in [1.807, 2.05) is 0 Å². The van der Waals surface area contributed by atoms with Gasteiger partial charge in [-0.1, -0.05) is 241 Å². The molecule has 0 bridgehead atoms.